The van der Waals surface area contributed by atoms with Crippen molar-refractivity contribution in [2.24, 2.45) is 11.7 Å². The fourth-order valence-corrected chi connectivity index (χ4v) is 2.49. The smallest absolute Gasteiger partial charge is 0.417 e. The summed E-state index contributed by atoms with van der Waals surface area (Å²) in [5.41, 5.74) is 0.521. The average Bonchev–Trinajstić information content (AvgIpc) is 2.35. The Morgan fingerprint density at radius 1 is 1.12 bits per heavy atom. The summed E-state index contributed by atoms with van der Waals surface area (Å²) < 4.78 is 76.7. The second kappa shape index (κ2) is 6.62. The molecule has 0 aliphatic carbocycles. The van der Waals surface area contributed by atoms with E-state index >= 15 is 0 Å². The molecule has 0 aliphatic rings. The molecule has 2 unspecified atom stereocenters. The van der Waals surface area contributed by atoms with E-state index in [1.165, 1.54) is 6.92 Å². The molecule has 136 valence electrons. The fourth-order valence-electron chi connectivity index (χ4n) is 2.49. The van der Waals surface area contributed by atoms with E-state index in [1.54, 1.807) is 6.92 Å². The number of halogens is 6. The van der Waals surface area contributed by atoms with Crippen molar-refractivity contribution in [2.45, 2.75) is 44.6 Å². The highest BCUT2D eigenvalue weighted by Gasteiger charge is 2.43. The number of carbonyl (C=O) groups is 1. The number of carboxylic acid groups (broad SMARTS) is 1. The number of carboxylic acids is 1. The summed E-state index contributed by atoms with van der Waals surface area (Å²) >= 11 is 0. The van der Waals surface area contributed by atoms with Crippen LogP contribution in [0.4, 0.5) is 26.3 Å². The third-order valence-corrected chi connectivity index (χ3v) is 3.54. The summed E-state index contributed by atoms with van der Waals surface area (Å²) in [4.78, 5) is 11.0. The highest BCUT2D eigenvalue weighted by atomic mass is 19.4. The van der Waals surface area contributed by atoms with E-state index in [-0.39, 0.29) is 18.4 Å². The highest BCUT2D eigenvalue weighted by Crippen LogP contribution is 2.40. The van der Waals surface area contributed by atoms with Crippen LogP contribution in [0.15, 0.2) is 18.2 Å². The first-order chi connectivity index (χ1) is 10.6. The van der Waals surface area contributed by atoms with Crippen LogP contribution in [-0.4, -0.2) is 16.6 Å². The summed E-state index contributed by atoms with van der Waals surface area (Å²) in [6.45, 7) is 2.83. The van der Waals surface area contributed by atoms with Crippen LogP contribution in [0.5, 0.6) is 0 Å². The number of nitrogens with two attached hydrogens (primary N) is 1. The van der Waals surface area contributed by atoms with Crippen molar-refractivity contribution in [3.63, 3.8) is 0 Å². The zero-order valence-corrected chi connectivity index (χ0v) is 12.9. The Kier molecular flexibility index (Phi) is 5.59. The Morgan fingerprint density at radius 2 is 1.62 bits per heavy atom. The largest absolute Gasteiger partial charge is 0.480 e. The summed E-state index contributed by atoms with van der Waals surface area (Å²) in [6, 6.07) is 1.81. The zero-order valence-electron chi connectivity index (χ0n) is 12.9. The van der Waals surface area contributed by atoms with Gasteiger partial charge in [-0.25, -0.2) is 0 Å². The maximum Gasteiger partial charge on any atom is 0.417 e. The third-order valence-electron chi connectivity index (χ3n) is 3.54. The molecule has 3 N–H and O–H groups in total. The summed E-state index contributed by atoms with van der Waals surface area (Å²) in [5, 5.41) is 8.93. The maximum atomic E-state index is 12.9. The van der Waals surface area contributed by atoms with Crippen LogP contribution >= 0.6 is 0 Å². The molecule has 0 saturated heterocycles. The lowest BCUT2D eigenvalue weighted by Crippen LogP contribution is -2.46. The lowest BCUT2D eigenvalue weighted by Gasteiger charge is -2.24. The predicted molar refractivity (Wildman–Crippen MR) is 74.2 cm³/mol. The van der Waals surface area contributed by atoms with Crippen molar-refractivity contribution in [1.29, 1.82) is 0 Å². The van der Waals surface area contributed by atoms with Crippen molar-refractivity contribution in [3.8, 4) is 0 Å². The molecule has 9 heteroatoms. The van der Waals surface area contributed by atoms with Gasteiger partial charge in [-0.2, -0.15) is 26.3 Å². The number of alkyl halides is 6. The third kappa shape index (κ3) is 5.12. The second-order valence-corrected chi connectivity index (χ2v) is 6.11. The Bertz CT molecular complexity index is 607. The second-order valence-electron chi connectivity index (χ2n) is 6.11. The molecule has 2 atom stereocenters. The van der Waals surface area contributed by atoms with Crippen LogP contribution < -0.4 is 5.73 Å². The fraction of sp³-hybridized carbons (Fsp3) is 0.533. The molecule has 0 amide bonds. The van der Waals surface area contributed by atoms with E-state index in [1.807, 2.05) is 0 Å². The van der Waals surface area contributed by atoms with E-state index < -0.39 is 40.9 Å². The van der Waals surface area contributed by atoms with Gasteiger partial charge in [-0.3, -0.25) is 4.79 Å². The summed E-state index contributed by atoms with van der Waals surface area (Å²) in [5.74, 6) is -1.70. The lowest BCUT2D eigenvalue weighted by atomic mass is 9.86. The van der Waals surface area contributed by atoms with Gasteiger partial charge in [-0.05, 0) is 43.4 Å². The van der Waals surface area contributed by atoms with Crippen molar-refractivity contribution in [3.05, 3.63) is 34.9 Å². The number of aliphatic carboxylic acids is 1. The Morgan fingerprint density at radius 3 is 2.04 bits per heavy atom. The first-order valence-electron chi connectivity index (χ1n) is 6.94. The van der Waals surface area contributed by atoms with E-state index in [0.717, 1.165) is 6.07 Å². The molecule has 0 aromatic heterocycles. The minimum absolute atomic E-state index is 0.0265. The summed E-state index contributed by atoms with van der Waals surface area (Å²) in [7, 11) is 0. The van der Waals surface area contributed by atoms with Gasteiger partial charge in [0.1, 0.15) is 5.54 Å². The highest BCUT2D eigenvalue weighted by molar-refractivity contribution is 5.77. The Hall–Kier alpha value is -1.77. The molecular weight excluding hydrogens is 340 g/mol. The van der Waals surface area contributed by atoms with Gasteiger partial charge >= 0.3 is 18.3 Å². The minimum atomic E-state index is -5.15. The molecule has 1 aromatic carbocycles. The molecule has 0 fully saturated rings. The van der Waals surface area contributed by atoms with Gasteiger partial charge < -0.3 is 10.8 Å². The standard InChI is InChI=1S/C15H17F6NO2/c1-8(7-13(2,22)12(23)24)5-9-3-4-10(14(16,17)18)11(6-9)15(19,20)21/h3-4,6,8H,5,7,22H2,1-2H3,(H,23,24). The molecular formula is C15H17F6NO2. The van der Waals surface area contributed by atoms with Crippen LogP contribution in [0.1, 0.15) is 37.0 Å². The molecule has 0 heterocycles. The lowest BCUT2D eigenvalue weighted by molar-refractivity contribution is -0.162. The molecule has 0 saturated carbocycles. The normalized spacial score (nSPS) is 16.5. The quantitative estimate of drug-likeness (QED) is 0.780. The van der Waals surface area contributed by atoms with Crippen molar-refractivity contribution >= 4 is 5.97 Å². The maximum absolute atomic E-state index is 12.9. The van der Waals surface area contributed by atoms with E-state index in [4.69, 9.17) is 10.8 Å². The molecule has 0 bridgehead atoms. The van der Waals surface area contributed by atoms with Crippen LogP contribution in [0.25, 0.3) is 0 Å². The van der Waals surface area contributed by atoms with Gasteiger partial charge in [0.2, 0.25) is 0 Å². The minimum Gasteiger partial charge on any atom is -0.480 e. The topological polar surface area (TPSA) is 63.3 Å². The molecule has 24 heavy (non-hydrogen) atoms. The van der Waals surface area contributed by atoms with Gasteiger partial charge in [-0.15, -0.1) is 0 Å². The number of hydrogen-bond donors (Lipinski definition) is 2. The van der Waals surface area contributed by atoms with Crippen molar-refractivity contribution in [2.75, 3.05) is 0 Å². The van der Waals surface area contributed by atoms with Crippen LogP contribution in [0.2, 0.25) is 0 Å². The van der Waals surface area contributed by atoms with Gasteiger partial charge in [0.05, 0.1) is 11.1 Å². The zero-order chi connectivity index (χ0) is 18.9. The first-order valence-corrected chi connectivity index (χ1v) is 6.94. The number of benzene rings is 1. The van der Waals surface area contributed by atoms with Gasteiger partial charge in [0.25, 0.3) is 0 Å². The van der Waals surface area contributed by atoms with Crippen molar-refractivity contribution in [1.82, 2.24) is 0 Å². The molecule has 1 rings (SSSR count). The number of rotatable bonds is 5. The predicted octanol–water partition coefficient (Wildman–Crippen LogP) is 4.09. The Labute approximate surface area is 134 Å². The van der Waals surface area contributed by atoms with Crippen LogP contribution in [-0.2, 0) is 23.6 Å². The molecule has 3 nitrogen and oxygen atoms in total. The summed E-state index contributed by atoms with van der Waals surface area (Å²) in [6.07, 6.45) is -10.3. The van der Waals surface area contributed by atoms with E-state index in [0.29, 0.717) is 12.1 Å². The first kappa shape index (κ1) is 20.3. The Balaban J connectivity index is 3.09. The molecule has 1 aromatic rings. The van der Waals surface area contributed by atoms with Crippen LogP contribution in [0, 0.1) is 5.92 Å². The number of hydrogen-bond acceptors (Lipinski definition) is 2. The monoisotopic (exact) mass is 357 g/mol. The van der Waals surface area contributed by atoms with Crippen molar-refractivity contribution < 1.29 is 36.2 Å². The van der Waals surface area contributed by atoms with E-state index in [2.05, 4.69) is 0 Å². The molecule has 0 aliphatic heterocycles. The van der Waals surface area contributed by atoms with E-state index in [9.17, 15) is 31.1 Å². The van der Waals surface area contributed by atoms with Gasteiger partial charge in [-0.1, -0.05) is 13.0 Å². The molecule has 0 radical (unpaired) electrons. The van der Waals surface area contributed by atoms with Gasteiger partial charge in [0, 0.05) is 0 Å². The SMILES string of the molecule is CC(Cc1ccc(C(F)(F)F)c(C(F)(F)F)c1)CC(C)(N)C(=O)O. The van der Waals surface area contributed by atoms with Crippen LogP contribution in [0.3, 0.4) is 0 Å². The molecule has 0 spiro atoms. The average molecular weight is 357 g/mol. The van der Waals surface area contributed by atoms with Gasteiger partial charge in [0.15, 0.2) is 0 Å².